The van der Waals surface area contributed by atoms with Crippen molar-refractivity contribution in [2.75, 3.05) is 13.2 Å². The van der Waals surface area contributed by atoms with Gasteiger partial charge in [0, 0.05) is 6.92 Å². The third kappa shape index (κ3) is 3.70. The van der Waals surface area contributed by atoms with E-state index in [9.17, 15) is 0 Å². The molecule has 0 aromatic heterocycles. The van der Waals surface area contributed by atoms with Crippen molar-refractivity contribution < 1.29 is 9.47 Å². The Labute approximate surface area is 67.9 Å². The van der Waals surface area contributed by atoms with Crippen LogP contribution in [0.3, 0.4) is 0 Å². The second-order valence-corrected chi connectivity index (χ2v) is 3.13. The van der Waals surface area contributed by atoms with Crippen molar-refractivity contribution in [3.05, 3.63) is 0 Å². The lowest BCUT2D eigenvalue weighted by molar-refractivity contribution is -0.220. The van der Waals surface area contributed by atoms with Crippen LogP contribution in [0.2, 0.25) is 0 Å². The van der Waals surface area contributed by atoms with E-state index in [4.69, 9.17) is 15.2 Å². The molecule has 1 aliphatic heterocycles. The lowest BCUT2D eigenvalue weighted by Crippen LogP contribution is -2.42. The molecular formula is C8H17NO2. The number of rotatable bonds is 0. The predicted octanol–water partition coefficient (Wildman–Crippen LogP) is 1.23. The molecule has 1 aliphatic rings. The fourth-order valence-corrected chi connectivity index (χ4v) is 1.15. The number of hydrogen-bond donors (Lipinski definition) is 1. The largest absolute Gasteiger partial charge is 0.338 e. The Morgan fingerprint density at radius 1 is 1.00 bits per heavy atom. The monoisotopic (exact) mass is 159 g/mol. The quantitative estimate of drug-likeness (QED) is 0.578. The topological polar surface area (TPSA) is 44.5 Å². The van der Waals surface area contributed by atoms with Gasteiger partial charge in [0.15, 0.2) is 0 Å². The zero-order chi connectivity index (χ0) is 8.16. The predicted molar refractivity (Wildman–Crippen MR) is 43.0 cm³/mol. The number of nitrogens with two attached hydrogens (primary N) is 1. The fraction of sp³-hybridized carbons (Fsp3) is 1.00. The third-order valence-corrected chi connectivity index (χ3v) is 1.82. The highest BCUT2D eigenvalue weighted by atomic mass is 16.7. The number of hydrogen-bond acceptors (Lipinski definition) is 3. The average Bonchev–Trinajstić information content (AvgIpc) is 2.00. The van der Waals surface area contributed by atoms with E-state index in [1.165, 1.54) is 12.8 Å². The maximum absolute atomic E-state index is 5.67. The molecule has 0 aliphatic carbocycles. The molecule has 0 saturated carbocycles. The Kier molecular flexibility index (Phi) is 3.30. The van der Waals surface area contributed by atoms with Gasteiger partial charge in [-0.15, -0.1) is 0 Å². The Morgan fingerprint density at radius 3 is 1.91 bits per heavy atom. The van der Waals surface area contributed by atoms with Crippen molar-refractivity contribution in [1.82, 2.24) is 0 Å². The second kappa shape index (κ2) is 4.04. The summed E-state index contributed by atoms with van der Waals surface area (Å²) < 4.78 is 10.6. The van der Waals surface area contributed by atoms with Crippen molar-refractivity contribution in [2.24, 2.45) is 5.73 Å². The molecule has 0 amide bonds. The van der Waals surface area contributed by atoms with Gasteiger partial charge in [0.2, 0.25) is 5.91 Å². The third-order valence-electron chi connectivity index (χ3n) is 1.82. The van der Waals surface area contributed by atoms with E-state index in [0.717, 1.165) is 12.8 Å². The summed E-state index contributed by atoms with van der Waals surface area (Å²) in [6.07, 6.45) is 4.63. The van der Waals surface area contributed by atoms with Crippen LogP contribution >= 0.6 is 0 Å². The summed E-state index contributed by atoms with van der Waals surface area (Å²) in [5.74, 6) is -0.857. The Bertz CT molecular complexity index is 103. The minimum Gasteiger partial charge on any atom is -0.338 e. The molecule has 0 aromatic carbocycles. The van der Waals surface area contributed by atoms with Gasteiger partial charge >= 0.3 is 0 Å². The van der Waals surface area contributed by atoms with Gasteiger partial charge in [-0.1, -0.05) is 12.8 Å². The van der Waals surface area contributed by atoms with E-state index in [2.05, 4.69) is 0 Å². The number of ether oxygens (including phenoxy) is 2. The molecule has 0 spiro atoms. The highest BCUT2D eigenvalue weighted by molar-refractivity contribution is 4.55. The van der Waals surface area contributed by atoms with Crippen molar-refractivity contribution in [3.8, 4) is 0 Å². The minimum atomic E-state index is -0.857. The zero-order valence-corrected chi connectivity index (χ0v) is 7.14. The van der Waals surface area contributed by atoms with E-state index in [1.807, 2.05) is 0 Å². The Balaban J connectivity index is 2.31. The molecule has 0 radical (unpaired) electrons. The van der Waals surface area contributed by atoms with Crippen LogP contribution in [0.5, 0.6) is 0 Å². The normalized spacial score (nSPS) is 26.7. The van der Waals surface area contributed by atoms with Crippen LogP contribution in [-0.4, -0.2) is 19.1 Å². The summed E-state index contributed by atoms with van der Waals surface area (Å²) in [7, 11) is 0. The summed E-state index contributed by atoms with van der Waals surface area (Å²) in [4.78, 5) is 0. The summed E-state index contributed by atoms with van der Waals surface area (Å²) in [6.45, 7) is 3.19. The molecule has 1 fully saturated rings. The molecule has 0 aromatic rings. The molecular weight excluding hydrogens is 142 g/mol. The summed E-state index contributed by atoms with van der Waals surface area (Å²) in [5, 5.41) is 0. The van der Waals surface area contributed by atoms with E-state index in [1.54, 1.807) is 6.92 Å². The fourth-order valence-electron chi connectivity index (χ4n) is 1.15. The van der Waals surface area contributed by atoms with E-state index in [0.29, 0.717) is 13.2 Å². The molecule has 1 rings (SSSR count). The minimum absolute atomic E-state index is 0.715. The van der Waals surface area contributed by atoms with Crippen molar-refractivity contribution >= 4 is 0 Å². The smallest absolute Gasteiger partial charge is 0.221 e. The molecule has 66 valence electrons. The van der Waals surface area contributed by atoms with Gasteiger partial charge in [0.05, 0.1) is 13.2 Å². The molecule has 2 N–H and O–H groups in total. The first kappa shape index (κ1) is 8.97. The van der Waals surface area contributed by atoms with Gasteiger partial charge < -0.3 is 9.47 Å². The molecule has 0 bridgehead atoms. The first-order valence-electron chi connectivity index (χ1n) is 4.27. The lowest BCUT2D eigenvalue weighted by atomic mass is 10.2. The first-order valence-corrected chi connectivity index (χ1v) is 4.27. The van der Waals surface area contributed by atoms with Crippen molar-refractivity contribution in [3.63, 3.8) is 0 Å². The molecule has 3 nitrogen and oxygen atoms in total. The second-order valence-electron chi connectivity index (χ2n) is 3.13. The first-order chi connectivity index (χ1) is 5.21. The highest BCUT2D eigenvalue weighted by Crippen LogP contribution is 2.11. The van der Waals surface area contributed by atoms with Crippen LogP contribution in [0.4, 0.5) is 0 Å². The van der Waals surface area contributed by atoms with E-state index in [-0.39, 0.29) is 0 Å². The van der Waals surface area contributed by atoms with Crippen molar-refractivity contribution in [2.45, 2.75) is 38.5 Å². The Hall–Kier alpha value is -0.120. The molecule has 1 heterocycles. The van der Waals surface area contributed by atoms with Crippen LogP contribution in [0.15, 0.2) is 0 Å². The SMILES string of the molecule is CC1(N)OCCCCCCO1. The molecule has 0 unspecified atom stereocenters. The standard InChI is InChI=1S/C8H17NO2/c1-8(9)10-6-4-2-3-5-7-11-8/h2-7,9H2,1H3. The zero-order valence-electron chi connectivity index (χ0n) is 7.14. The lowest BCUT2D eigenvalue weighted by Gasteiger charge is -2.24. The van der Waals surface area contributed by atoms with Crippen LogP contribution in [0.1, 0.15) is 32.6 Å². The highest BCUT2D eigenvalue weighted by Gasteiger charge is 2.19. The molecule has 0 atom stereocenters. The Morgan fingerprint density at radius 2 is 1.45 bits per heavy atom. The van der Waals surface area contributed by atoms with Gasteiger partial charge in [-0.25, -0.2) is 0 Å². The molecule has 11 heavy (non-hydrogen) atoms. The maximum atomic E-state index is 5.67. The average molecular weight is 159 g/mol. The summed E-state index contributed by atoms with van der Waals surface area (Å²) >= 11 is 0. The van der Waals surface area contributed by atoms with Crippen LogP contribution < -0.4 is 5.73 Å². The van der Waals surface area contributed by atoms with Crippen LogP contribution in [0, 0.1) is 0 Å². The maximum Gasteiger partial charge on any atom is 0.221 e. The van der Waals surface area contributed by atoms with E-state index >= 15 is 0 Å². The molecule has 1 saturated heterocycles. The van der Waals surface area contributed by atoms with Gasteiger partial charge in [-0.3, -0.25) is 5.73 Å². The molecule has 3 heteroatoms. The summed E-state index contributed by atoms with van der Waals surface area (Å²) in [6, 6.07) is 0. The van der Waals surface area contributed by atoms with Crippen LogP contribution in [-0.2, 0) is 9.47 Å². The van der Waals surface area contributed by atoms with E-state index < -0.39 is 5.91 Å². The van der Waals surface area contributed by atoms with Gasteiger partial charge in [0.25, 0.3) is 0 Å². The summed E-state index contributed by atoms with van der Waals surface area (Å²) in [5.41, 5.74) is 5.67. The van der Waals surface area contributed by atoms with Gasteiger partial charge in [0.1, 0.15) is 0 Å². The van der Waals surface area contributed by atoms with Crippen LogP contribution in [0.25, 0.3) is 0 Å². The van der Waals surface area contributed by atoms with Gasteiger partial charge in [-0.2, -0.15) is 0 Å². The van der Waals surface area contributed by atoms with Crippen molar-refractivity contribution in [1.29, 1.82) is 0 Å². The van der Waals surface area contributed by atoms with Gasteiger partial charge in [-0.05, 0) is 12.8 Å².